The average Bonchev–Trinajstić information content (AvgIpc) is 2.88. The number of esters is 1. The number of hydrogen-bond acceptors (Lipinski definition) is 6. The van der Waals surface area contributed by atoms with E-state index < -0.39 is 23.2 Å². The zero-order valence-electron chi connectivity index (χ0n) is 15.8. The highest BCUT2D eigenvalue weighted by molar-refractivity contribution is 8.18. The predicted molar refractivity (Wildman–Crippen MR) is 101 cm³/mol. The first-order valence-corrected chi connectivity index (χ1v) is 9.06. The monoisotopic (exact) mass is 377 g/mol. The van der Waals surface area contributed by atoms with Crippen molar-refractivity contribution in [2.24, 2.45) is 0 Å². The molecule has 1 atom stereocenters. The number of methoxy groups -OCH3 is 2. The number of amides is 2. The summed E-state index contributed by atoms with van der Waals surface area (Å²) in [5, 5.41) is -0.477. The van der Waals surface area contributed by atoms with Crippen molar-refractivity contribution in [3.63, 3.8) is 0 Å². The summed E-state index contributed by atoms with van der Waals surface area (Å²) >= 11 is 0.825. The first kappa shape index (κ1) is 20.0. The van der Waals surface area contributed by atoms with Crippen LogP contribution in [0.5, 0.6) is 5.75 Å². The minimum absolute atomic E-state index is 0.243. The molecule has 0 bridgehead atoms. The van der Waals surface area contributed by atoms with Crippen LogP contribution < -0.4 is 4.74 Å². The highest BCUT2D eigenvalue weighted by Gasteiger charge is 2.41. The van der Waals surface area contributed by atoms with Gasteiger partial charge in [0, 0.05) is 0 Å². The third-order valence-corrected chi connectivity index (χ3v) is 5.16. The maximum Gasteiger partial charge on any atom is 0.328 e. The topological polar surface area (TPSA) is 72.9 Å². The Labute approximate surface area is 157 Å². The number of rotatable bonds is 5. The molecule has 1 aromatic carbocycles. The van der Waals surface area contributed by atoms with Crippen molar-refractivity contribution in [2.45, 2.75) is 39.7 Å². The molecule has 6 nitrogen and oxygen atoms in total. The average molecular weight is 377 g/mol. The zero-order chi connectivity index (χ0) is 19.6. The lowest BCUT2D eigenvalue weighted by atomic mass is 9.96. The molecule has 0 radical (unpaired) electrons. The van der Waals surface area contributed by atoms with Crippen molar-refractivity contribution in [3.8, 4) is 5.75 Å². The summed E-state index contributed by atoms with van der Waals surface area (Å²) in [5.74, 6) is -0.0790. The van der Waals surface area contributed by atoms with E-state index in [0.29, 0.717) is 0 Å². The Bertz CT molecular complexity index is 784. The summed E-state index contributed by atoms with van der Waals surface area (Å²) in [6.45, 7) is 7.51. The normalized spacial score (nSPS) is 17.2. The van der Waals surface area contributed by atoms with Gasteiger partial charge in [0.1, 0.15) is 11.8 Å². The van der Waals surface area contributed by atoms with E-state index in [1.165, 1.54) is 14.0 Å². The molecule has 0 aliphatic carbocycles. The SMILES string of the molecule is COC(=O)[C@@H](C)N1C(=O)S/C(=C\c2cc(C(C)C)c(OC)cc2C)C1=O. The van der Waals surface area contributed by atoms with Gasteiger partial charge in [-0.25, -0.2) is 4.79 Å². The fourth-order valence-electron chi connectivity index (χ4n) is 2.73. The summed E-state index contributed by atoms with van der Waals surface area (Å²) < 4.78 is 10.1. The molecule has 0 aromatic heterocycles. The number of nitrogens with zero attached hydrogens (tertiary/aromatic N) is 1. The van der Waals surface area contributed by atoms with Crippen molar-refractivity contribution >= 4 is 35.0 Å². The second-order valence-corrected chi connectivity index (χ2v) is 7.35. The summed E-state index contributed by atoms with van der Waals surface area (Å²) in [4.78, 5) is 37.7. The van der Waals surface area contributed by atoms with Crippen LogP contribution in [0.4, 0.5) is 4.79 Å². The van der Waals surface area contributed by atoms with Crippen LogP contribution in [0.2, 0.25) is 0 Å². The third kappa shape index (κ3) is 3.77. The van der Waals surface area contributed by atoms with Gasteiger partial charge in [0.15, 0.2) is 0 Å². The van der Waals surface area contributed by atoms with Gasteiger partial charge in [0.05, 0.1) is 19.1 Å². The molecular formula is C19H23NO5S. The Kier molecular flexibility index (Phi) is 6.13. The molecule has 1 aliphatic rings. The Morgan fingerprint density at radius 2 is 1.85 bits per heavy atom. The molecule has 7 heteroatoms. The van der Waals surface area contributed by atoms with Gasteiger partial charge >= 0.3 is 5.97 Å². The number of hydrogen-bond donors (Lipinski definition) is 0. The fraction of sp³-hybridized carbons (Fsp3) is 0.421. The highest BCUT2D eigenvalue weighted by atomic mass is 32.2. The van der Waals surface area contributed by atoms with Crippen LogP contribution in [0, 0.1) is 6.92 Å². The first-order valence-electron chi connectivity index (χ1n) is 8.24. The van der Waals surface area contributed by atoms with E-state index in [4.69, 9.17) is 4.74 Å². The van der Waals surface area contributed by atoms with Gasteiger partial charge in [-0.3, -0.25) is 14.5 Å². The van der Waals surface area contributed by atoms with Crippen LogP contribution >= 0.6 is 11.8 Å². The quantitative estimate of drug-likeness (QED) is 0.575. The number of carbonyl (C=O) groups excluding carboxylic acids is 3. The molecule has 26 heavy (non-hydrogen) atoms. The second kappa shape index (κ2) is 7.95. The van der Waals surface area contributed by atoms with Gasteiger partial charge in [-0.05, 0) is 66.4 Å². The van der Waals surface area contributed by atoms with Crippen LogP contribution in [0.3, 0.4) is 0 Å². The molecule has 0 N–H and O–H groups in total. The van der Waals surface area contributed by atoms with Crippen LogP contribution in [0.15, 0.2) is 17.0 Å². The fourth-order valence-corrected chi connectivity index (χ4v) is 3.63. The summed E-state index contributed by atoms with van der Waals surface area (Å²) in [7, 11) is 2.85. The second-order valence-electron chi connectivity index (χ2n) is 6.36. The minimum atomic E-state index is -0.957. The number of benzene rings is 1. The van der Waals surface area contributed by atoms with E-state index in [1.54, 1.807) is 13.2 Å². The van der Waals surface area contributed by atoms with Crippen molar-refractivity contribution in [3.05, 3.63) is 33.7 Å². The van der Waals surface area contributed by atoms with Crippen LogP contribution in [0.1, 0.15) is 43.4 Å². The predicted octanol–water partition coefficient (Wildman–Crippen LogP) is 3.72. The molecular weight excluding hydrogens is 354 g/mol. The molecule has 1 saturated heterocycles. The summed E-state index contributed by atoms with van der Waals surface area (Å²) in [6, 6.07) is 2.93. The van der Waals surface area contributed by atoms with Crippen LogP contribution in [0.25, 0.3) is 6.08 Å². The smallest absolute Gasteiger partial charge is 0.328 e. The minimum Gasteiger partial charge on any atom is -0.496 e. The number of imide groups is 1. The molecule has 140 valence electrons. The molecule has 1 aromatic rings. The number of aryl methyl sites for hydroxylation is 1. The molecule has 1 fully saturated rings. The molecule has 2 rings (SSSR count). The molecule has 0 saturated carbocycles. The Morgan fingerprint density at radius 1 is 1.19 bits per heavy atom. The summed E-state index contributed by atoms with van der Waals surface area (Å²) in [5.41, 5.74) is 2.79. The third-order valence-electron chi connectivity index (χ3n) is 4.28. The van der Waals surface area contributed by atoms with Crippen LogP contribution in [-0.2, 0) is 14.3 Å². The van der Waals surface area contributed by atoms with Crippen LogP contribution in [-0.4, -0.2) is 42.3 Å². The maximum atomic E-state index is 12.6. The van der Waals surface area contributed by atoms with E-state index in [-0.39, 0.29) is 10.8 Å². The largest absolute Gasteiger partial charge is 0.496 e. The number of ether oxygens (including phenoxy) is 2. The van der Waals surface area contributed by atoms with Crippen molar-refractivity contribution in [1.82, 2.24) is 4.90 Å². The van der Waals surface area contributed by atoms with Crippen molar-refractivity contribution in [1.29, 1.82) is 0 Å². The van der Waals surface area contributed by atoms with Gasteiger partial charge in [0.2, 0.25) is 0 Å². The lowest BCUT2D eigenvalue weighted by molar-refractivity contribution is -0.148. The Morgan fingerprint density at radius 3 is 2.38 bits per heavy atom. The summed E-state index contributed by atoms with van der Waals surface area (Å²) in [6.07, 6.45) is 1.69. The van der Waals surface area contributed by atoms with E-state index in [1.807, 2.05) is 19.1 Å². The van der Waals surface area contributed by atoms with Gasteiger partial charge < -0.3 is 9.47 Å². The zero-order valence-corrected chi connectivity index (χ0v) is 16.6. The standard InChI is InChI=1S/C19H23NO5S/c1-10(2)14-8-13(11(3)7-15(14)24-5)9-16-17(21)20(19(23)26-16)12(4)18(22)25-6/h7-10,12H,1-6H3/b16-9-/t12-/m1/s1. The first-order chi connectivity index (χ1) is 12.2. The van der Waals surface area contributed by atoms with Crippen molar-refractivity contribution < 1.29 is 23.9 Å². The maximum absolute atomic E-state index is 12.6. The molecule has 1 aliphatic heterocycles. The van der Waals surface area contributed by atoms with E-state index in [0.717, 1.165) is 39.1 Å². The van der Waals surface area contributed by atoms with E-state index in [2.05, 4.69) is 18.6 Å². The van der Waals surface area contributed by atoms with E-state index in [9.17, 15) is 14.4 Å². The number of thioether (sulfide) groups is 1. The molecule has 2 amide bonds. The Hall–Kier alpha value is -2.28. The van der Waals surface area contributed by atoms with Crippen molar-refractivity contribution in [2.75, 3.05) is 14.2 Å². The van der Waals surface area contributed by atoms with Gasteiger partial charge in [-0.15, -0.1) is 0 Å². The number of carbonyl (C=O) groups is 3. The molecule has 1 heterocycles. The lowest BCUT2D eigenvalue weighted by Crippen LogP contribution is -2.42. The van der Waals surface area contributed by atoms with E-state index >= 15 is 0 Å². The van der Waals surface area contributed by atoms with Gasteiger partial charge in [0.25, 0.3) is 11.1 Å². The molecule has 0 spiro atoms. The highest BCUT2D eigenvalue weighted by Crippen LogP contribution is 2.36. The van der Waals surface area contributed by atoms with Gasteiger partial charge in [-0.1, -0.05) is 13.8 Å². The van der Waals surface area contributed by atoms with Gasteiger partial charge in [-0.2, -0.15) is 0 Å². The molecule has 0 unspecified atom stereocenters. The lowest BCUT2D eigenvalue weighted by Gasteiger charge is -2.18. The Balaban J connectivity index is 2.42.